The van der Waals surface area contributed by atoms with E-state index in [1.54, 1.807) is 0 Å². The first-order valence-electron chi connectivity index (χ1n) is 13.1. The van der Waals surface area contributed by atoms with E-state index in [0.717, 1.165) is 17.1 Å². The molecule has 188 valence electrons. The quantitative estimate of drug-likeness (QED) is 0.195. The Morgan fingerprint density at radius 1 is 0.333 bits per heavy atom. The predicted octanol–water partition coefficient (Wildman–Crippen LogP) is 6.67. The van der Waals surface area contributed by atoms with Crippen molar-refractivity contribution in [3.8, 4) is 0 Å². The first kappa shape index (κ1) is 24.9. The van der Waals surface area contributed by atoms with E-state index in [1.807, 2.05) is 30.3 Å². The van der Waals surface area contributed by atoms with Gasteiger partial charge in [-0.05, 0) is 0 Å². The first-order chi connectivity index (χ1) is 19.3. The summed E-state index contributed by atoms with van der Waals surface area (Å²) in [5.74, 6) is -0.242. The van der Waals surface area contributed by atoms with Gasteiger partial charge in [-0.1, -0.05) is 0 Å². The van der Waals surface area contributed by atoms with E-state index < -0.39 is 13.3 Å². The van der Waals surface area contributed by atoms with Crippen molar-refractivity contribution in [2.45, 2.75) is 0 Å². The van der Waals surface area contributed by atoms with Crippen molar-refractivity contribution in [3.05, 3.63) is 176 Å². The molecule has 0 aliphatic heterocycles. The molecule has 6 aromatic rings. The Hall–Kier alpha value is -4.41. The van der Waals surface area contributed by atoms with Crippen molar-refractivity contribution in [1.82, 2.24) is 0 Å². The van der Waals surface area contributed by atoms with Crippen LogP contribution in [0, 0.1) is 5.82 Å². The maximum atomic E-state index is 13.8. The third-order valence-electron chi connectivity index (χ3n) is 7.28. The average molecular weight is 566 g/mol. The van der Waals surface area contributed by atoms with Crippen LogP contribution < -0.4 is 22.5 Å². The van der Waals surface area contributed by atoms with Crippen LogP contribution >= 0.6 is 0 Å². The Morgan fingerprint density at radius 2 is 0.641 bits per heavy atom. The summed E-state index contributed by atoms with van der Waals surface area (Å²) < 4.78 is 19.3. The molecule has 6 aromatic carbocycles. The van der Waals surface area contributed by atoms with Crippen molar-refractivity contribution in [2.24, 2.45) is 0 Å². The van der Waals surface area contributed by atoms with E-state index in [-0.39, 0.29) is 5.82 Å². The number of hydrogen-bond acceptors (Lipinski definition) is 1. The molecule has 0 fully saturated rings. The minimum atomic E-state index is -3.32. The average Bonchev–Trinajstić information content (AvgIpc) is 3.02. The van der Waals surface area contributed by atoms with E-state index in [9.17, 15) is 4.39 Å². The summed E-state index contributed by atoms with van der Waals surface area (Å²) in [6, 6.07) is 58.9. The number of halogens is 1. The third kappa shape index (κ3) is 4.80. The topological polar surface area (TPSA) is 3.24 Å². The second kappa shape index (κ2) is 11.1. The molecule has 0 aliphatic carbocycles. The molecule has 0 unspecified atom stereocenters. The van der Waals surface area contributed by atoms with Crippen LogP contribution in [0.4, 0.5) is 21.5 Å². The van der Waals surface area contributed by atoms with Crippen LogP contribution in [-0.4, -0.2) is 13.3 Å². The Morgan fingerprint density at radius 3 is 1.05 bits per heavy atom. The van der Waals surface area contributed by atoms with Crippen LogP contribution in [-0.2, 0) is 0 Å². The summed E-state index contributed by atoms with van der Waals surface area (Å²) in [5, 5.41) is 0. The van der Waals surface area contributed by atoms with E-state index in [1.165, 1.54) is 29.7 Å². The fraction of sp³-hybridized carbons (Fsp3) is 0. The fourth-order valence-electron chi connectivity index (χ4n) is 5.54. The summed E-state index contributed by atoms with van der Waals surface area (Å²) in [7, 11) is 0. The van der Waals surface area contributed by atoms with Crippen LogP contribution in [0.2, 0.25) is 0 Å². The molecule has 0 spiro atoms. The molecule has 0 aliphatic rings. The Bertz CT molecular complexity index is 1520. The Kier molecular flexibility index (Phi) is 7.11. The fourth-order valence-corrected chi connectivity index (χ4v) is 15.5. The predicted molar refractivity (Wildman–Crippen MR) is 165 cm³/mol. The molecule has 39 heavy (non-hydrogen) atoms. The van der Waals surface area contributed by atoms with E-state index in [0.29, 0.717) is 0 Å². The van der Waals surface area contributed by atoms with Crippen LogP contribution in [0.5, 0.6) is 0 Å². The number of para-hydroxylation sites is 1. The van der Waals surface area contributed by atoms with Gasteiger partial charge in [0.2, 0.25) is 0 Å². The Labute approximate surface area is 232 Å². The van der Waals surface area contributed by atoms with Gasteiger partial charge in [0.25, 0.3) is 0 Å². The third-order valence-corrected chi connectivity index (χ3v) is 17.3. The Balaban J connectivity index is 1.56. The molecule has 0 saturated heterocycles. The number of anilines is 3. The summed E-state index contributed by atoms with van der Waals surface area (Å²) in [6.45, 7) is 0. The van der Waals surface area contributed by atoms with Gasteiger partial charge >= 0.3 is 233 Å². The van der Waals surface area contributed by atoms with Gasteiger partial charge in [0, 0.05) is 0 Å². The van der Waals surface area contributed by atoms with Crippen molar-refractivity contribution in [3.63, 3.8) is 0 Å². The molecular weight excluding hydrogens is 538 g/mol. The van der Waals surface area contributed by atoms with Gasteiger partial charge in [0.05, 0.1) is 0 Å². The molecular formula is C36H28FGeN. The maximum absolute atomic E-state index is 13.8. The van der Waals surface area contributed by atoms with Gasteiger partial charge in [-0.15, -0.1) is 0 Å². The molecule has 1 nitrogen and oxygen atoms in total. The van der Waals surface area contributed by atoms with Crippen LogP contribution in [0.15, 0.2) is 170 Å². The zero-order valence-electron chi connectivity index (χ0n) is 21.5. The minimum absolute atomic E-state index is 0.242. The molecule has 3 heteroatoms. The molecule has 0 N–H and O–H groups in total. The molecule has 6 rings (SSSR count). The zero-order valence-corrected chi connectivity index (χ0v) is 23.6. The first-order valence-corrected chi connectivity index (χ1v) is 17.3. The van der Waals surface area contributed by atoms with Crippen molar-refractivity contribution >= 4 is 47.9 Å². The number of benzene rings is 6. The monoisotopic (exact) mass is 567 g/mol. The van der Waals surface area contributed by atoms with Gasteiger partial charge < -0.3 is 0 Å². The van der Waals surface area contributed by atoms with Crippen molar-refractivity contribution in [2.75, 3.05) is 4.90 Å². The summed E-state index contributed by atoms with van der Waals surface area (Å²) >= 11 is -3.32. The van der Waals surface area contributed by atoms with Gasteiger partial charge in [-0.2, -0.15) is 0 Å². The standard InChI is InChI=1S/C36H28FGeN/c37-29-21-25-35(26-22-29)39(34-19-11-4-12-20-34)36-27-23-33(24-28-36)38(30-13-5-1-6-14-30,31-15-7-2-8-16-31)32-17-9-3-10-18-32/h1-28H. The second-order valence-electron chi connectivity index (χ2n) is 9.54. The SMILES string of the molecule is Fc1ccc(N(c2ccccc2)c2cc[c]([Ge]([c]3ccccc3)([c]3ccccc3)[c]3ccccc3)cc2)cc1. The molecule has 0 heterocycles. The van der Waals surface area contributed by atoms with Gasteiger partial charge in [0.15, 0.2) is 0 Å². The molecule has 0 amide bonds. The van der Waals surface area contributed by atoms with E-state index in [4.69, 9.17) is 0 Å². The van der Waals surface area contributed by atoms with E-state index in [2.05, 4.69) is 132 Å². The van der Waals surface area contributed by atoms with Gasteiger partial charge in [0.1, 0.15) is 0 Å². The molecule has 0 aromatic heterocycles. The van der Waals surface area contributed by atoms with Crippen LogP contribution in [0.25, 0.3) is 0 Å². The normalized spacial score (nSPS) is 11.2. The second-order valence-corrected chi connectivity index (χ2v) is 17.5. The number of hydrogen-bond donors (Lipinski definition) is 0. The number of nitrogens with zero attached hydrogens (tertiary/aromatic N) is 1. The van der Waals surface area contributed by atoms with Crippen molar-refractivity contribution < 1.29 is 4.39 Å². The van der Waals surface area contributed by atoms with Crippen molar-refractivity contribution in [1.29, 1.82) is 0 Å². The molecule has 0 atom stereocenters. The summed E-state index contributed by atoms with van der Waals surface area (Å²) in [5.41, 5.74) is 2.97. The zero-order chi connectivity index (χ0) is 26.5. The van der Waals surface area contributed by atoms with Crippen LogP contribution in [0.3, 0.4) is 0 Å². The van der Waals surface area contributed by atoms with Crippen LogP contribution in [0.1, 0.15) is 0 Å². The van der Waals surface area contributed by atoms with E-state index >= 15 is 0 Å². The van der Waals surface area contributed by atoms with Gasteiger partial charge in [-0.25, -0.2) is 0 Å². The molecule has 0 radical (unpaired) electrons. The summed E-state index contributed by atoms with van der Waals surface area (Å²) in [6.07, 6.45) is 0. The van der Waals surface area contributed by atoms with Gasteiger partial charge in [-0.3, -0.25) is 0 Å². The molecule has 0 saturated carbocycles. The molecule has 0 bridgehead atoms. The summed E-state index contributed by atoms with van der Waals surface area (Å²) in [4.78, 5) is 2.17. The number of rotatable bonds is 7.